The summed E-state index contributed by atoms with van der Waals surface area (Å²) < 4.78 is 13.5. The van der Waals surface area contributed by atoms with E-state index in [9.17, 15) is 14.0 Å². The van der Waals surface area contributed by atoms with Gasteiger partial charge in [0.15, 0.2) is 0 Å². The Hall–Kier alpha value is -1.95. The van der Waals surface area contributed by atoms with Crippen LogP contribution >= 0.6 is 0 Å². The summed E-state index contributed by atoms with van der Waals surface area (Å²) in [5, 5.41) is 0. The van der Waals surface area contributed by atoms with Crippen molar-refractivity contribution in [1.82, 2.24) is 5.48 Å². The molecule has 102 valence electrons. The lowest BCUT2D eigenvalue weighted by Crippen LogP contribution is -2.32. The summed E-state index contributed by atoms with van der Waals surface area (Å²) >= 11 is 0. The van der Waals surface area contributed by atoms with Crippen LogP contribution in [0.4, 0.5) is 10.1 Å². The average molecular weight is 266 g/mol. The standard InChI is InChI=1S/C13H15FN2O3/c1-8-3-4-10(6-11(8)14)16-7-9(5-12(16)17)13(18)15-19-2/h3-4,6,9H,5,7H2,1-2H3,(H,15,18). The van der Waals surface area contributed by atoms with E-state index >= 15 is 0 Å². The molecule has 1 aliphatic heterocycles. The Labute approximate surface area is 110 Å². The van der Waals surface area contributed by atoms with Crippen molar-refractivity contribution < 1.29 is 18.8 Å². The zero-order valence-electron chi connectivity index (χ0n) is 10.8. The first-order chi connectivity index (χ1) is 9.02. The summed E-state index contributed by atoms with van der Waals surface area (Å²) in [5.74, 6) is -1.38. The number of halogens is 1. The molecule has 1 aromatic rings. The highest BCUT2D eigenvalue weighted by atomic mass is 19.1. The number of amides is 2. The summed E-state index contributed by atoms with van der Waals surface area (Å²) in [6.45, 7) is 1.89. The van der Waals surface area contributed by atoms with Gasteiger partial charge in [0.1, 0.15) is 5.82 Å². The lowest BCUT2D eigenvalue weighted by Gasteiger charge is -2.17. The van der Waals surface area contributed by atoms with Gasteiger partial charge in [0.05, 0.1) is 13.0 Å². The van der Waals surface area contributed by atoms with Crippen molar-refractivity contribution in [1.29, 1.82) is 0 Å². The van der Waals surface area contributed by atoms with Gasteiger partial charge in [-0.2, -0.15) is 0 Å². The first-order valence-electron chi connectivity index (χ1n) is 5.92. The molecule has 19 heavy (non-hydrogen) atoms. The van der Waals surface area contributed by atoms with Gasteiger partial charge >= 0.3 is 0 Å². The van der Waals surface area contributed by atoms with E-state index in [1.165, 1.54) is 18.1 Å². The minimum absolute atomic E-state index is 0.102. The second kappa shape index (κ2) is 5.36. The van der Waals surface area contributed by atoms with Gasteiger partial charge in [-0.1, -0.05) is 6.07 Å². The van der Waals surface area contributed by atoms with E-state index in [4.69, 9.17) is 0 Å². The highest BCUT2D eigenvalue weighted by Gasteiger charge is 2.35. The molecule has 1 aromatic carbocycles. The average Bonchev–Trinajstić information content (AvgIpc) is 2.75. The molecule has 1 atom stereocenters. The van der Waals surface area contributed by atoms with Gasteiger partial charge in [-0.3, -0.25) is 14.4 Å². The molecule has 6 heteroatoms. The summed E-state index contributed by atoms with van der Waals surface area (Å²) in [7, 11) is 1.34. The summed E-state index contributed by atoms with van der Waals surface area (Å²) in [6.07, 6.45) is 0.102. The van der Waals surface area contributed by atoms with E-state index in [0.717, 1.165) is 0 Å². The second-order valence-corrected chi connectivity index (χ2v) is 4.51. The highest BCUT2D eigenvalue weighted by molar-refractivity contribution is 6.00. The monoisotopic (exact) mass is 266 g/mol. The first kappa shape index (κ1) is 13.5. The molecule has 2 rings (SSSR count). The Balaban J connectivity index is 2.15. The molecule has 0 aliphatic carbocycles. The maximum Gasteiger partial charge on any atom is 0.248 e. The third-order valence-corrected chi connectivity index (χ3v) is 3.17. The van der Waals surface area contributed by atoms with Gasteiger partial charge in [-0.25, -0.2) is 9.87 Å². The molecular formula is C13H15FN2O3. The van der Waals surface area contributed by atoms with E-state index in [1.54, 1.807) is 19.1 Å². The number of carbonyl (C=O) groups excluding carboxylic acids is 2. The van der Waals surface area contributed by atoms with E-state index in [2.05, 4.69) is 10.3 Å². The number of aryl methyl sites for hydroxylation is 1. The van der Waals surface area contributed by atoms with Crippen LogP contribution in [0, 0.1) is 18.7 Å². The van der Waals surface area contributed by atoms with Gasteiger partial charge < -0.3 is 4.90 Å². The number of nitrogens with one attached hydrogen (secondary N) is 1. The van der Waals surface area contributed by atoms with Gasteiger partial charge in [-0.15, -0.1) is 0 Å². The van der Waals surface area contributed by atoms with Crippen molar-refractivity contribution in [2.45, 2.75) is 13.3 Å². The van der Waals surface area contributed by atoms with Crippen LogP contribution in [0.3, 0.4) is 0 Å². The van der Waals surface area contributed by atoms with Crippen LogP contribution in [-0.2, 0) is 14.4 Å². The minimum Gasteiger partial charge on any atom is -0.311 e. The molecule has 0 radical (unpaired) electrons. The lowest BCUT2D eigenvalue weighted by atomic mass is 10.1. The molecule has 1 heterocycles. The van der Waals surface area contributed by atoms with Gasteiger partial charge in [0.2, 0.25) is 11.8 Å². The number of carbonyl (C=O) groups is 2. The smallest absolute Gasteiger partial charge is 0.248 e. The third kappa shape index (κ3) is 2.73. The van der Waals surface area contributed by atoms with Gasteiger partial charge in [-0.05, 0) is 24.6 Å². The van der Waals surface area contributed by atoms with Crippen LogP contribution in [0.2, 0.25) is 0 Å². The van der Waals surface area contributed by atoms with Crippen LogP contribution in [0.15, 0.2) is 18.2 Å². The van der Waals surface area contributed by atoms with Crippen LogP contribution in [0.5, 0.6) is 0 Å². The fourth-order valence-corrected chi connectivity index (χ4v) is 2.07. The third-order valence-electron chi connectivity index (χ3n) is 3.17. The molecule has 1 aliphatic rings. The summed E-state index contributed by atoms with van der Waals surface area (Å²) in [4.78, 5) is 29.4. The quantitative estimate of drug-likeness (QED) is 0.835. The lowest BCUT2D eigenvalue weighted by molar-refractivity contribution is -0.135. The van der Waals surface area contributed by atoms with E-state index in [-0.39, 0.29) is 30.6 Å². The molecule has 1 fully saturated rings. The summed E-state index contributed by atoms with van der Waals surface area (Å²) in [6, 6.07) is 4.59. The molecule has 1 saturated heterocycles. The molecule has 1 N–H and O–H groups in total. The van der Waals surface area contributed by atoms with Crippen molar-refractivity contribution in [2.24, 2.45) is 5.92 Å². The second-order valence-electron chi connectivity index (χ2n) is 4.51. The fraction of sp³-hybridized carbons (Fsp3) is 0.385. The molecule has 0 spiro atoms. The van der Waals surface area contributed by atoms with Crippen LogP contribution in [0.1, 0.15) is 12.0 Å². The van der Waals surface area contributed by atoms with Crippen LogP contribution < -0.4 is 10.4 Å². The van der Waals surface area contributed by atoms with Gasteiger partial charge in [0, 0.05) is 18.7 Å². The number of hydrogen-bond acceptors (Lipinski definition) is 3. The maximum absolute atomic E-state index is 13.5. The zero-order valence-corrected chi connectivity index (χ0v) is 10.8. The molecular weight excluding hydrogens is 251 g/mol. The number of rotatable bonds is 3. The molecule has 0 aromatic heterocycles. The van der Waals surface area contributed by atoms with Crippen molar-refractivity contribution in [3.8, 4) is 0 Å². The Morgan fingerprint density at radius 1 is 1.53 bits per heavy atom. The van der Waals surface area contributed by atoms with Crippen molar-refractivity contribution in [2.75, 3.05) is 18.6 Å². The normalized spacial score (nSPS) is 18.8. The predicted octanol–water partition coefficient (Wildman–Crippen LogP) is 1.16. The van der Waals surface area contributed by atoms with E-state index < -0.39 is 5.92 Å². The number of anilines is 1. The fourth-order valence-electron chi connectivity index (χ4n) is 2.07. The Kier molecular flexibility index (Phi) is 3.80. The molecule has 1 unspecified atom stereocenters. The molecule has 5 nitrogen and oxygen atoms in total. The predicted molar refractivity (Wildman–Crippen MR) is 66.7 cm³/mol. The number of benzene rings is 1. The Bertz CT molecular complexity index is 519. The van der Waals surface area contributed by atoms with Crippen LogP contribution in [-0.4, -0.2) is 25.5 Å². The first-order valence-corrected chi connectivity index (χ1v) is 5.92. The number of nitrogens with zero attached hydrogens (tertiary/aromatic N) is 1. The van der Waals surface area contributed by atoms with Gasteiger partial charge in [0.25, 0.3) is 0 Å². The van der Waals surface area contributed by atoms with Crippen molar-refractivity contribution >= 4 is 17.5 Å². The Morgan fingerprint density at radius 3 is 2.89 bits per heavy atom. The minimum atomic E-state index is -0.475. The molecule has 0 saturated carbocycles. The zero-order chi connectivity index (χ0) is 14.0. The van der Waals surface area contributed by atoms with Crippen molar-refractivity contribution in [3.63, 3.8) is 0 Å². The number of hydroxylamine groups is 1. The summed E-state index contributed by atoms with van der Waals surface area (Å²) in [5.41, 5.74) is 3.20. The topological polar surface area (TPSA) is 58.6 Å². The SMILES string of the molecule is CONC(=O)C1CC(=O)N(c2ccc(C)c(F)c2)C1. The van der Waals surface area contributed by atoms with E-state index in [1.807, 2.05) is 0 Å². The van der Waals surface area contributed by atoms with Crippen LogP contribution in [0.25, 0.3) is 0 Å². The van der Waals surface area contributed by atoms with Crippen molar-refractivity contribution in [3.05, 3.63) is 29.6 Å². The van der Waals surface area contributed by atoms with E-state index in [0.29, 0.717) is 11.3 Å². The molecule has 2 amide bonds. The largest absolute Gasteiger partial charge is 0.311 e. The highest BCUT2D eigenvalue weighted by Crippen LogP contribution is 2.26. The maximum atomic E-state index is 13.5. The number of hydrogen-bond donors (Lipinski definition) is 1. The Morgan fingerprint density at radius 2 is 2.26 bits per heavy atom. The molecule has 0 bridgehead atoms.